The lowest BCUT2D eigenvalue weighted by Gasteiger charge is -2.21. The fourth-order valence-corrected chi connectivity index (χ4v) is 2.93. The number of rotatable bonds is 4. The van der Waals surface area contributed by atoms with Gasteiger partial charge >= 0.3 is 0 Å². The van der Waals surface area contributed by atoms with Gasteiger partial charge in [-0.15, -0.1) is 0 Å². The largest absolute Gasteiger partial charge is 0.350 e. The molecule has 1 amide bonds. The van der Waals surface area contributed by atoms with E-state index in [-0.39, 0.29) is 11.9 Å². The van der Waals surface area contributed by atoms with Gasteiger partial charge in [-0.1, -0.05) is 30.3 Å². The minimum atomic E-state index is -0.559. The molecule has 0 radical (unpaired) electrons. The van der Waals surface area contributed by atoms with E-state index in [0.717, 1.165) is 32.4 Å². The summed E-state index contributed by atoms with van der Waals surface area (Å²) in [7, 11) is 0. The zero-order valence-electron chi connectivity index (χ0n) is 12.0. The molecule has 20 heavy (non-hydrogen) atoms. The summed E-state index contributed by atoms with van der Waals surface area (Å²) in [5, 5.41) is 3.12. The molecule has 2 aliphatic rings. The quantitative estimate of drug-likeness (QED) is 0.868. The first kappa shape index (κ1) is 13.6. The first-order chi connectivity index (χ1) is 9.57. The van der Waals surface area contributed by atoms with Crippen molar-refractivity contribution in [2.24, 2.45) is 5.73 Å². The summed E-state index contributed by atoms with van der Waals surface area (Å²) < 4.78 is 0. The smallest absolute Gasteiger partial charge is 0.240 e. The highest BCUT2D eigenvalue weighted by Crippen LogP contribution is 2.32. The van der Waals surface area contributed by atoms with E-state index in [2.05, 4.69) is 41.4 Å². The molecule has 0 aromatic heterocycles. The van der Waals surface area contributed by atoms with Crippen LogP contribution in [0.2, 0.25) is 0 Å². The van der Waals surface area contributed by atoms with Crippen LogP contribution in [-0.4, -0.2) is 35.0 Å². The highest BCUT2D eigenvalue weighted by molar-refractivity contribution is 5.89. The van der Waals surface area contributed by atoms with Crippen molar-refractivity contribution in [2.45, 2.75) is 50.4 Å². The van der Waals surface area contributed by atoms with Gasteiger partial charge in [-0.3, -0.25) is 9.69 Å². The zero-order chi connectivity index (χ0) is 14.2. The molecule has 3 N–H and O–H groups in total. The Hall–Kier alpha value is -1.39. The van der Waals surface area contributed by atoms with Crippen LogP contribution >= 0.6 is 0 Å². The van der Waals surface area contributed by atoms with Crippen molar-refractivity contribution in [1.29, 1.82) is 0 Å². The molecule has 4 nitrogen and oxygen atoms in total. The Kier molecular flexibility index (Phi) is 3.52. The highest BCUT2D eigenvalue weighted by Gasteiger charge is 2.47. The standard InChI is InChI=1S/C16H23N3O/c1-12-9-14(18-15(20)16(17)7-8-16)11-19(12)10-13-5-3-2-4-6-13/h2-6,12,14H,7-11,17H2,1H3,(H,18,20). The second-order valence-corrected chi connectivity index (χ2v) is 6.33. The lowest BCUT2D eigenvalue weighted by molar-refractivity contribution is -0.123. The van der Waals surface area contributed by atoms with Crippen LogP contribution < -0.4 is 11.1 Å². The molecule has 2 atom stereocenters. The number of hydrogen-bond acceptors (Lipinski definition) is 3. The van der Waals surface area contributed by atoms with Gasteiger partial charge in [0.1, 0.15) is 0 Å². The monoisotopic (exact) mass is 273 g/mol. The third-order valence-electron chi connectivity index (χ3n) is 4.51. The van der Waals surface area contributed by atoms with Gasteiger partial charge in [0.15, 0.2) is 0 Å². The Morgan fingerprint density at radius 3 is 2.75 bits per heavy atom. The number of carbonyl (C=O) groups excluding carboxylic acids is 1. The summed E-state index contributed by atoms with van der Waals surface area (Å²) in [6, 6.07) is 11.2. The van der Waals surface area contributed by atoms with Crippen molar-refractivity contribution in [3.05, 3.63) is 35.9 Å². The number of likely N-dealkylation sites (tertiary alicyclic amines) is 1. The number of nitrogens with one attached hydrogen (secondary N) is 1. The van der Waals surface area contributed by atoms with E-state index >= 15 is 0 Å². The predicted molar refractivity (Wildman–Crippen MR) is 79.0 cm³/mol. The molecule has 1 aliphatic heterocycles. The average Bonchev–Trinajstić information content (AvgIpc) is 3.09. The van der Waals surface area contributed by atoms with E-state index < -0.39 is 5.54 Å². The Balaban J connectivity index is 1.55. The summed E-state index contributed by atoms with van der Waals surface area (Å²) in [6.45, 7) is 4.09. The average molecular weight is 273 g/mol. The number of benzene rings is 1. The van der Waals surface area contributed by atoms with Crippen LogP contribution in [0, 0.1) is 0 Å². The molecular formula is C16H23N3O. The molecule has 1 saturated heterocycles. The van der Waals surface area contributed by atoms with Crippen LogP contribution in [0.4, 0.5) is 0 Å². The fourth-order valence-electron chi connectivity index (χ4n) is 2.93. The molecule has 1 heterocycles. The maximum absolute atomic E-state index is 12.0. The molecule has 3 rings (SSSR count). The first-order valence-corrected chi connectivity index (χ1v) is 7.45. The lowest BCUT2D eigenvalue weighted by Crippen LogP contribution is -2.47. The first-order valence-electron chi connectivity index (χ1n) is 7.45. The number of nitrogens with zero attached hydrogens (tertiary/aromatic N) is 1. The fraction of sp³-hybridized carbons (Fsp3) is 0.562. The van der Waals surface area contributed by atoms with Gasteiger partial charge in [0.25, 0.3) is 0 Å². The van der Waals surface area contributed by atoms with E-state index in [1.54, 1.807) is 0 Å². The summed E-state index contributed by atoms with van der Waals surface area (Å²) in [5.41, 5.74) is 6.70. The van der Waals surface area contributed by atoms with E-state index in [1.807, 2.05) is 6.07 Å². The Labute approximate surface area is 120 Å². The predicted octanol–water partition coefficient (Wildman–Crippen LogP) is 1.26. The van der Waals surface area contributed by atoms with Crippen LogP contribution in [0.3, 0.4) is 0 Å². The normalized spacial score (nSPS) is 28.3. The molecule has 1 aliphatic carbocycles. The van der Waals surface area contributed by atoms with Crippen LogP contribution in [0.1, 0.15) is 31.7 Å². The molecule has 4 heteroatoms. The molecule has 1 saturated carbocycles. The van der Waals surface area contributed by atoms with Crippen molar-refractivity contribution >= 4 is 5.91 Å². The van der Waals surface area contributed by atoms with Crippen molar-refractivity contribution in [3.63, 3.8) is 0 Å². The second kappa shape index (κ2) is 5.19. The molecule has 0 bridgehead atoms. The topological polar surface area (TPSA) is 58.4 Å². The van der Waals surface area contributed by atoms with Crippen LogP contribution in [0.25, 0.3) is 0 Å². The number of carbonyl (C=O) groups is 1. The Bertz CT molecular complexity index is 484. The number of amides is 1. The molecular weight excluding hydrogens is 250 g/mol. The van der Waals surface area contributed by atoms with Gasteiger partial charge in [-0.25, -0.2) is 0 Å². The van der Waals surface area contributed by atoms with Crippen LogP contribution in [-0.2, 0) is 11.3 Å². The van der Waals surface area contributed by atoms with E-state index in [0.29, 0.717) is 6.04 Å². The van der Waals surface area contributed by atoms with Crippen LogP contribution in [0.15, 0.2) is 30.3 Å². The van der Waals surface area contributed by atoms with Gasteiger partial charge in [-0.05, 0) is 31.7 Å². The van der Waals surface area contributed by atoms with Gasteiger partial charge in [-0.2, -0.15) is 0 Å². The maximum Gasteiger partial charge on any atom is 0.240 e. The van der Waals surface area contributed by atoms with E-state index in [1.165, 1.54) is 5.56 Å². The summed E-state index contributed by atoms with van der Waals surface area (Å²) >= 11 is 0. The minimum absolute atomic E-state index is 0.0382. The van der Waals surface area contributed by atoms with Crippen molar-refractivity contribution in [1.82, 2.24) is 10.2 Å². The van der Waals surface area contributed by atoms with Gasteiger partial charge in [0.05, 0.1) is 5.54 Å². The number of nitrogens with two attached hydrogens (primary N) is 1. The molecule has 108 valence electrons. The molecule has 2 unspecified atom stereocenters. The Morgan fingerprint density at radius 2 is 2.10 bits per heavy atom. The van der Waals surface area contributed by atoms with Gasteiger partial charge in [0, 0.05) is 25.2 Å². The second-order valence-electron chi connectivity index (χ2n) is 6.33. The van der Waals surface area contributed by atoms with Crippen molar-refractivity contribution in [2.75, 3.05) is 6.54 Å². The molecule has 1 aromatic rings. The zero-order valence-corrected chi connectivity index (χ0v) is 12.0. The minimum Gasteiger partial charge on any atom is -0.350 e. The molecule has 1 aromatic carbocycles. The summed E-state index contributed by atoms with van der Waals surface area (Å²) in [6.07, 6.45) is 2.67. The lowest BCUT2D eigenvalue weighted by atomic mass is 10.1. The van der Waals surface area contributed by atoms with Gasteiger partial charge < -0.3 is 11.1 Å². The third-order valence-corrected chi connectivity index (χ3v) is 4.51. The summed E-state index contributed by atoms with van der Waals surface area (Å²) in [5.74, 6) is 0.0382. The van der Waals surface area contributed by atoms with Crippen LogP contribution in [0.5, 0.6) is 0 Å². The van der Waals surface area contributed by atoms with Gasteiger partial charge in [0.2, 0.25) is 5.91 Å². The highest BCUT2D eigenvalue weighted by atomic mass is 16.2. The Morgan fingerprint density at radius 1 is 1.40 bits per heavy atom. The SMILES string of the molecule is CC1CC(NC(=O)C2(N)CC2)CN1Cc1ccccc1. The maximum atomic E-state index is 12.0. The molecule has 0 spiro atoms. The summed E-state index contributed by atoms with van der Waals surface area (Å²) in [4.78, 5) is 14.4. The van der Waals surface area contributed by atoms with Crippen molar-refractivity contribution < 1.29 is 4.79 Å². The molecule has 2 fully saturated rings. The number of hydrogen-bond donors (Lipinski definition) is 2. The third kappa shape index (κ3) is 2.86. The van der Waals surface area contributed by atoms with Crippen molar-refractivity contribution in [3.8, 4) is 0 Å². The van der Waals surface area contributed by atoms with E-state index in [9.17, 15) is 4.79 Å². The van der Waals surface area contributed by atoms with E-state index in [4.69, 9.17) is 5.73 Å².